The molecule has 0 N–H and O–H groups in total. The van der Waals surface area contributed by atoms with Crippen molar-refractivity contribution in [3.05, 3.63) is 191 Å². The molecule has 8 aromatic carbocycles. The summed E-state index contributed by atoms with van der Waals surface area (Å²) in [5, 5.41) is 2.10. The maximum Gasteiger partial charge on any atom is 0.252 e. The molecule has 3 heterocycles. The Balaban J connectivity index is 1.16. The average Bonchev–Trinajstić information content (AvgIpc) is 3.81. The van der Waals surface area contributed by atoms with Crippen LogP contribution in [0.4, 0.5) is 51.2 Å². The fraction of sp³-hybridized carbons (Fsp3) is 0.262. The molecule has 4 nitrogen and oxygen atoms in total. The molecule has 1 aromatic heterocycles. The number of aryl methyl sites for hydroxylation is 2. The first-order valence-electron chi connectivity index (χ1n) is 26.8. The number of hydrogen-bond donors (Lipinski definition) is 0. The molecule has 0 spiro atoms. The van der Waals surface area contributed by atoms with Crippen LogP contribution in [-0.2, 0) is 21.7 Å². The van der Waals surface area contributed by atoms with E-state index in [4.69, 9.17) is 4.42 Å². The normalized spacial score (nSPS) is 18.3. The number of rotatable bonds is 5. The number of furan rings is 1. The fourth-order valence-electron chi connectivity index (χ4n) is 13.5. The number of fused-ring (bicyclic) bond motifs is 9. The molecule has 0 bridgehead atoms. The summed E-state index contributed by atoms with van der Waals surface area (Å²) in [5.74, 6) is 0. The number of anilines is 9. The van der Waals surface area contributed by atoms with E-state index in [-0.39, 0.29) is 28.4 Å². The van der Waals surface area contributed by atoms with E-state index in [1.807, 2.05) is 24.3 Å². The summed E-state index contributed by atoms with van der Waals surface area (Å²) in [4.78, 5) is 7.12. The summed E-state index contributed by atoms with van der Waals surface area (Å²) in [6.45, 7) is 18.8. The van der Waals surface area contributed by atoms with E-state index in [0.29, 0.717) is 5.56 Å². The van der Waals surface area contributed by atoms with Crippen LogP contribution in [0, 0.1) is 13.8 Å². The summed E-state index contributed by atoms with van der Waals surface area (Å²) in [5.41, 5.74) is 20.9. The standard InChI is InChI=1S/C65H62BN3O/c1-40-31-57-61-58(32-40)69(54-37-51-48(33-41(54)2)64(7,8)39-65(51,9)10)56-38-50-49(62(3,4)29-30-63(50,5)6)36-53(56)66(61)52-28-26-44(67(42-19-13-11-14-20-42)43-21-15-12-16-22-43)34-55(52)68(57)45-25-27-47-46-23-17-18-24-59(46)70-60(47)35-45/h11-28,31-38H,29-30,39H2,1-10H3/i1D3. The summed E-state index contributed by atoms with van der Waals surface area (Å²) in [6.07, 6.45) is 3.22. The zero-order valence-electron chi connectivity index (χ0n) is 45.0. The van der Waals surface area contributed by atoms with Gasteiger partial charge in [0.2, 0.25) is 0 Å². The van der Waals surface area contributed by atoms with E-state index >= 15 is 0 Å². The molecule has 0 radical (unpaired) electrons. The van der Waals surface area contributed by atoms with Gasteiger partial charge in [-0.15, -0.1) is 0 Å². The predicted octanol–water partition coefficient (Wildman–Crippen LogP) is 16.1. The SMILES string of the molecule is [2H]C([2H])([2H])c1cc2c3c(c1)N(c1cc4c(cc1C)C(C)(C)CC4(C)C)c1cc4c(cc1B3c1ccc(N(c3ccccc3)c3ccccc3)cc1N2c1ccc2c(c1)oc1ccccc12)C(C)(C)CCC4(C)C. The van der Waals surface area contributed by atoms with Crippen LogP contribution in [0.2, 0.25) is 0 Å². The largest absolute Gasteiger partial charge is 0.456 e. The zero-order valence-corrected chi connectivity index (χ0v) is 42.0. The van der Waals surface area contributed by atoms with Crippen molar-refractivity contribution >= 4 is 96.2 Å². The summed E-state index contributed by atoms with van der Waals surface area (Å²) < 4.78 is 34.4. The second-order valence-electron chi connectivity index (χ2n) is 23.4. The molecular weight excluding hydrogens is 850 g/mol. The molecule has 2 aliphatic heterocycles. The maximum atomic E-state index is 9.25. The third kappa shape index (κ3) is 6.29. The maximum absolute atomic E-state index is 9.25. The van der Waals surface area contributed by atoms with Crippen molar-refractivity contribution < 1.29 is 8.53 Å². The topological polar surface area (TPSA) is 22.9 Å². The lowest BCUT2D eigenvalue weighted by atomic mass is 9.33. The van der Waals surface area contributed by atoms with Crippen molar-refractivity contribution in [1.82, 2.24) is 0 Å². The van der Waals surface area contributed by atoms with Gasteiger partial charge in [0.05, 0.1) is 0 Å². The van der Waals surface area contributed by atoms with Crippen LogP contribution in [-0.4, -0.2) is 6.71 Å². The number of hydrogen-bond acceptors (Lipinski definition) is 4. The van der Waals surface area contributed by atoms with Crippen LogP contribution in [0.1, 0.15) is 112 Å². The Morgan fingerprint density at radius 2 is 1.06 bits per heavy atom. The highest BCUT2D eigenvalue weighted by molar-refractivity contribution is 7.00. The highest BCUT2D eigenvalue weighted by Crippen LogP contribution is 2.55. The van der Waals surface area contributed by atoms with Gasteiger partial charge in [-0.1, -0.05) is 128 Å². The summed E-state index contributed by atoms with van der Waals surface area (Å²) >= 11 is 0. The molecule has 70 heavy (non-hydrogen) atoms. The van der Waals surface area contributed by atoms with E-state index < -0.39 is 6.85 Å². The van der Waals surface area contributed by atoms with Crippen molar-refractivity contribution in [3.63, 3.8) is 0 Å². The van der Waals surface area contributed by atoms with Crippen molar-refractivity contribution in [3.8, 4) is 0 Å². The second-order valence-corrected chi connectivity index (χ2v) is 23.4. The van der Waals surface area contributed by atoms with Gasteiger partial charge >= 0.3 is 0 Å². The highest BCUT2D eigenvalue weighted by atomic mass is 16.3. The minimum Gasteiger partial charge on any atom is -0.456 e. The average molecular weight is 915 g/mol. The number of para-hydroxylation sites is 3. The molecule has 0 saturated carbocycles. The monoisotopic (exact) mass is 915 g/mol. The summed E-state index contributed by atoms with van der Waals surface area (Å²) in [7, 11) is 0. The van der Waals surface area contributed by atoms with E-state index in [1.165, 1.54) is 33.3 Å². The van der Waals surface area contributed by atoms with Gasteiger partial charge in [0.1, 0.15) is 11.2 Å². The Labute approximate surface area is 418 Å². The molecule has 0 unspecified atom stereocenters. The number of benzene rings is 8. The minimum atomic E-state index is -2.41. The fourth-order valence-corrected chi connectivity index (χ4v) is 13.5. The van der Waals surface area contributed by atoms with Gasteiger partial charge in [-0.2, -0.15) is 0 Å². The smallest absolute Gasteiger partial charge is 0.252 e. The van der Waals surface area contributed by atoms with Crippen molar-refractivity contribution in [2.24, 2.45) is 0 Å². The number of nitrogens with zero attached hydrogens (tertiary/aromatic N) is 3. The van der Waals surface area contributed by atoms with Gasteiger partial charge in [-0.05, 0) is 183 Å². The predicted molar refractivity (Wildman–Crippen MR) is 298 cm³/mol. The zero-order chi connectivity index (χ0) is 50.7. The van der Waals surface area contributed by atoms with Gasteiger partial charge in [0.15, 0.2) is 0 Å². The first kappa shape index (κ1) is 39.8. The molecule has 5 heteroatoms. The van der Waals surface area contributed by atoms with Gasteiger partial charge in [0, 0.05) is 72.1 Å². The first-order valence-corrected chi connectivity index (χ1v) is 25.3. The van der Waals surface area contributed by atoms with Crippen molar-refractivity contribution in [2.45, 2.75) is 110 Å². The molecule has 2 aliphatic carbocycles. The van der Waals surface area contributed by atoms with Gasteiger partial charge in [0.25, 0.3) is 6.71 Å². The highest BCUT2D eigenvalue weighted by Gasteiger charge is 2.48. The van der Waals surface area contributed by atoms with E-state index in [1.54, 1.807) is 0 Å². The van der Waals surface area contributed by atoms with Crippen LogP contribution in [0.5, 0.6) is 0 Å². The van der Waals surface area contributed by atoms with E-state index in [2.05, 4.69) is 210 Å². The van der Waals surface area contributed by atoms with Crippen LogP contribution >= 0.6 is 0 Å². The van der Waals surface area contributed by atoms with Crippen LogP contribution in [0.3, 0.4) is 0 Å². The lowest BCUT2D eigenvalue weighted by Gasteiger charge is -2.48. The van der Waals surface area contributed by atoms with Gasteiger partial charge < -0.3 is 19.1 Å². The first-order chi connectivity index (χ1) is 34.7. The molecule has 0 amide bonds. The second kappa shape index (κ2) is 14.8. The molecule has 9 aromatic rings. The summed E-state index contributed by atoms with van der Waals surface area (Å²) in [6, 6.07) is 56.7. The van der Waals surface area contributed by atoms with Gasteiger partial charge in [-0.25, -0.2) is 0 Å². The van der Waals surface area contributed by atoms with Crippen molar-refractivity contribution in [1.29, 1.82) is 0 Å². The third-order valence-corrected chi connectivity index (χ3v) is 16.9. The lowest BCUT2D eigenvalue weighted by molar-refractivity contribution is 0.332. The Morgan fingerprint density at radius 3 is 1.74 bits per heavy atom. The van der Waals surface area contributed by atoms with Crippen molar-refractivity contribution in [2.75, 3.05) is 14.7 Å². The molecule has 4 aliphatic rings. The molecule has 13 rings (SSSR count). The van der Waals surface area contributed by atoms with Gasteiger partial charge in [-0.3, -0.25) is 0 Å². The molecule has 0 fully saturated rings. The molecule has 346 valence electrons. The Hall–Kier alpha value is -6.98. The third-order valence-electron chi connectivity index (χ3n) is 16.9. The van der Waals surface area contributed by atoms with Crippen LogP contribution < -0.4 is 31.1 Å². The lowest BCUT2D eigenvalue weighted by Crippen LogP contribution is -2.62. The Kier molecular flexibility index (Phi) is 8.41. The van der Waals surface area contributed by atoms with E-state index in [9.17, 15) is 4.11 Å². The molecule has 0 saturated heterocycles. The Morgan fingerprint density at radius 1 is 0.486 bits per heavy atom. The molecular formula is C65H62BN3O. The Bertz CT molecular complexity index is 3720. The minimum absolute atomic E-state index is 0.0165. The molecule has 0 atom stereocenters. The van der Waals surface area contributed by atoms with Crippen LogP contribution in [0.25, 0.3) is 21.9 Å². The van der Waals surface area contributed by atoms with E-state index in [0.717, 1.165) is 103 Å². The quantitative estimate of drug-likeness (QED) is 0.161. The van der Waals surface area contributed by atoms with Crippen LogP contribution in [0.15, 0.2) is 162 Å².